The Morgan fingerprint density at radius 2 is 1.71 bits per heavy atom. The predicted molar refractivity (Wildman–Crippen MR) is 153 cm³/mol. The van der Waals surface area contributed by atoms with Crippen molar-refractivity contribution in [2.24, 2.45) is 0 Å². The molecule has 0 N–H and O–H groups in total. The lowest BCUT2D eigenvalue weighted by Crippen LogP contribution is -2.43. The molecule has 1 aliphatic rings. The predicted octanol–water partition coefficient (Wildman–Crippen LogP) is 6.82. The number of nitrogens with zero attached hydrogens (tertiary/aromatic N) is 4. The molecular weight excluding hydrogens is 492 g/mol. The number of hydrogen-bond donors (Lipinski definition) is 0. The SMILES string of the molecule is CCCCCCN1C(=O)C(C#N)=C(C)/C(=C\c2cn(-c3ccccc3)nc2-c2ccc(SCC)cc2)C1=O. The number of amides is 2. The number of aromatic nitrogens is 2. The van der Waals surface area contributed by atoms with E-state index < -0.39 is 5.91 Å². The van der Waals surface area contributed by atoms with Gasteiger partial charge >= 0.3 is 0 Å². The Morgan fingerprint density at radius 3 is 2.37 bits per heavy atom. The van der Waals surface area contributed by atoms with Crippen LogP contribution in [0, 0.1) is 11.3 Å². The van der Waals surface area contributed by atoms with Gasteiger partial charge in [-0.25, -0.2) is 4.68 Å². The number of benzene rings is 2. The van der Waals surface area contributed by atoms with Gasteiger partial charge in [0.15, 0.2) is 0 Å². The van der Waals surface area contributed by atoms with Gasteiger partial charge in [0.1, 0.15) is 11.6 Å². The summed E-state index contributed by atoms with van der Waals surface area (Å²) < 4.78 is 1.79. The van der Waals surface area contributed by atoms with E-state index in [-0.39, 0.29) is 11.5 Å². The van der Waals surface area contributed by atoms with Crippen LogP contribution in [-0.2, 0) is 9.59 Å². The zero-order valence-corrected chi connectivity index (χ0v) is 22.9. The van der Waals surface area contributed by atoms with Crippen molar-refractivity contribution in [2.45, 2.75) is 51.3 Å². The molecule has 1 aliphatic heterocycles. The minimum Gasteiger partial charge on any atom is -0.274 e. The highest BCUT2D eigenvalue weighted by Crippen LogP contribution is 2.32. The van der Waals surface area contributed by atoms with E-state index in [0.717, 1.165) is 53.9 Å². The fourth-order valence-electron chi connectivity index (χ4n) is 4.49. The van der Waals surface area contributed by atoms with Crippen LogP contribution in [-0.4, -0.2) is 38.8 Å². The number of carbonyl (C=O) groups excluding carboxylic acids is 2. The molecule has 2 heterocycles. The van der Waals surface area contributed by atoms with Crippen molar-refractivity contribution in [3.8, 4) is 23.0 Å². The van der Waals surface area contributed by atoms with E-state index in [4.69, 9.17) is 5.10 Å². The topological polar surface area (TPSA) is 79.0 Å². The monoisotopic (exact) mass is 524 g/mol. The van der Waals surface area contributed by atoms with Gasteiger partial charge in [0, 0.05) is 34.3 Å². The maximum atomic E-state index is 13.6. The number of thioether (sulfide) groups is 1. The van der Waals surface area contributed by atoms with E-state index in [0.29, 0.717) is 17.7 Å². The second-order valence-corrected chi connectivity index (χ2v) is 10.5. The van der Waals surface area contributed by atoms with Crippen LogP contribution < -0.4 is 0 Å². The smallest absolute Gasteiger partial charge is 0.271 e. The summed E-state index contributed by atoms with van der Waals surface area (Å²) in [5, 5.41) is 14.6. The van der Waals surface area contributed by atoms with Crippen molar-refractivity contribution in [1.82, 2.24) is 14.7 Å². The van der Waals surface area contributed by atoms with Crippen molar-refractivity contribution >= 4 is 29.7 Å². The fraction of sp³-hybridized carbons (Fsp3) is 0.290. The normalized spacial score (nSPS) is 14.9. The van der Waals surface area contributed by atoms with E-state index in [9.17, 15) is 14.9 Å². The zero-order chi connectivity index (χ0) is 27.1. The van der Waals surface area contributed by atoms with Crippen LogP contribution >= 0.6 is 11.8 Å². The van der Waals surface area contributed by atoms with Gasteiger partial charge in [-0.15, -0.1) is 11.8 Å². The minimum absolute atomic E-state index is 0.0179. The molecule has 0 fully saturated rings. The maximum absolute atomic E-state index is 13.6. The van der Waals surface area contributed by atoms with Gasteiger partial charge in [-0.3, -0.25) is 14.5 Å². The Kier molecular flexibility index (Phi) is 8.98. The number of unbranched alkanes of at least 4 members (excludes halogenated alkanes) is 3. The number of nitriles is 1. The first-order chi connectivity index (χ1) is 18.5. The molecule has 0 saturated heterocycles. The number of para-hydroxylation sites is 1. The van der Waals surface area contributed by atoms with Crippen LogP contribution in [0.3, 0.4) is 0 Å². The molecular formula is C31H32N4O2S. The van der Waals surface area contributed by atoms with E-state index >= 15 is 0 Å². The van der Waals surface area contributed by atoms with Crippen molar-refractivity contribution in [1.29, 1.82) is 5.26 Å². The minimum atomic E-state index is -0.507. The maximum Gasteiger partial charge on any atom is 0.271 e. The second-order valence-electron chi connectivity index (χ2n) is 9.16. The Hall–Kier alpha value is -3.89. The van der Waals surface area contributed by atoms with Crippen molar-refractivity contribution in [3.63, 3.8) is 0 Å². The van der Waals surface area contributed by atoms with Crippen molar-refractivity contribution in [2.75, 3.05) is 12.3 Å². The number of rotatable bonds is 10. The summed E-state index contributed by atoms with van der Waals surface area (Å²) >= 11 is 1.77. The van der Waals surface area contributed by atoms with Crippen molar-refractivity contribution in [3.05, 3.63) is 83.1 Å². The lowest BCUT2D eigenvalue weighted by molar-refractivity contribution is -0.140. The summed E-state index contributed by atoms with van der Waals surface area (Å²) in [5.74, 6) is 0.117. The van der Waals surface area contributed by atoms with E-state index in [2.05, 4.69) is 26.0 Å². The molecule has 2 amide bonds. The summed E-state index contributed by atoms with van der Waals surface area (Å²) in [6.07, 6.45) is 7.41. The molecule has 0 unspecified atom stereocenters. The second kappa shape index (κ2) is 12.6. The third kappa shape index (κ3) is 5.81. The molecule has 0 radical (unpaired) electrons. The van der Waals surface area contributed by atoms with Crippen LogP contribution in [0.1, 0.15) is 52.0 Å². The number of imide groups is 1. The molecule has 0 spiro atoms. The largest absolute Gasteiger partial charge is 0.274 e. The Bertz CT molecular complexity index is 1410. The van der Waals surface area contributed by atoms with Gasteiger partial charge in [0.2, 0.25) is 0 Å². The molecule has 0 atom stereocenters. The molecule has 194 valence electrons. The summed E-state index contributed by atoms with van der Waals surface area (Å²) in [6.45, 7) is 6.21. The van der Waals surface area contributed by atoms with Gasteiger partial charge in [-0.1, -0.05) is 63.4 Å². The first-order valence-corrected chi connectivity index (χ1v) is 14.0. The van der Waals surface area contributed by atoms with Gasteiger partial charge in [0.05, 0.1) is 11.4 Å². The molecule has 4 rings (SSSR count). The van der Waals surface area contributed by atoms with Gasteiger partial charge in [0.25, 0.3) is 11.8 Å². The average Bonchev–Trinajstić information content (AvgIpc) is 3.36. The van der Waals surface area contributed by atoms with Crippen LogP contribution in [0.2, 0.25) is 0 Å². The van der Waals surface area contributed by atoms with Crippen molar-refractivity contribution < 1.29 is 9.59 Å². The zero-order valence-electron chi connectivity index (χ0n) is 22.1. The van der Waals surface area contributed by atoms with Crippen LogP contribution in [0.15, 0.2) is 82.4 Å². The Balaban J connectivity index is 1.81. The highest BCUT2D eigenvalue weighted by molar-refractivity contribution is 7.99. The highest BCUT2D eigenvalue weighted by Gasteiger charge is 2.35. The number of hydrogen-bond acceptors (Lipinski definition) is 5. The summed E-state index contributed by atoms with van der Waals surface area (Å²) in [5.41, 5.74) is 4.05. The lowest BCUT2D eigenvalue weighted by atomic mass is 9.93. The molecule has 0 aliphatic carbocycles. The molecule has 3 aromatic rings. The fourth-order valence-corrected chi connectivity index (χ4v) is 5.15. The molecule has 6 nitrogen and oxygen atoms in total. The summed E-state index contributed by atoms with van der Waals surface area (Å²) in [7, 11) is 0. The third-order valence-corrected chi connectivity index (χ3v) is 7.46. The quantitative estimate of drug-likeness (QED) is 0.126. The lowest BCUT2D eigenvalue weighted by Gasteiger charge is -2.27. The average molecular weight is 525 g/mol. The summed E-state index contributed by atoms with van der Waals surface area (Å²) in [6, 6.07) is 20.0. The molecule has 7 heteroatoms. The Labute approximate surface area is 228 Å². The van der Waals surface area contributed by atoms with Crippen LogP contribution in [0.4, 0.5) is 0 Å². The van der Waals surface area contributed by atoms with Crippen LogP contribution in [0.25, 0.3) is 23.0 Å². The van der Waals surface area contributed by atoms with Crippen LogP contribution in [0.5, 0.6) is 0 Å². The molecule has 0 bridgehead atoms. The van der Waals surface area contributed by atoms with Gasteiger partial charge in [-0.05, 0) is 55.0 Å². The standard InChI is InChI=1S/C31H32N4O2S/c1-4-6-7-11-18-34-30(36)27(22(3)28(20-32)31(34)37)19-24-21-35(25-12-9-8-10-13-25)33-29(24)23-14-16-26(17-15-23)38-5-2/h8-10,12-17,19,21H,4-7,11,18H2,1-3H3/b27-19+. The van der Waals surface area contributed by atoms with Gasteiger partial charge < -0.3 is 0 Å². The van der Waals surface area contributed by atoms with Gasteiger partial charge in [-0.2, -0.15) is 10.4 Å². The molecule has 0 saturated carbocycles. The van der Waals surface area contributed by atoms with E-state index in [1.54, 1.807) is 29.4 Å². The first-order valence-electron chi connectivity index (χ1n) is 13.1. The first kappa shape index (κ1) is 27.2. The molecule has 2 aromatic carbocycles. The van der Waals surface area contributed by atoms with E-state index in [1.807, 2.05) is 54.7 Å². The third-order valence-electron chi connectivity index (χ3n) is 6.56. The summed E-state index contributed by atoms with van der Waals surface area (Å²) in [4.78, 5) is 29.0. The van der Waals surface area contributed by atoms with E-state index in [1.165, 1.54) is 9.80 Å². The molecule has 1 aromatic heterocycles. The molecule has 38 heavy (non-hydrogen) atoms. The Morgan fingerprint density at radius 1 is 0.974 bits per heavy atom. The number of carbonyl (C=O) groups is 2. The highest BCUT2D eigenvalue weighted by atomic mass is 32.2.